The van der Waals surface area contributed by atoms with E-state index >= 15 is 0 Å². The van der Waals surface area contributed by atoms with Crippen LogP contribution in [-0.2, 0) is 30.6 Å². The Kier molecular flexibility index (Phi) is 2.21. The van der Waals surface area contributed by atoms with Gasteiger partial charge in [-0.15, -0.1) is 0 Å². The van der Waals surface area contributed by atoms with Crippen molar-refractivity contribution in [3.63, 3.8) is 0 Å². The first-order valence-electron chi connectivity index (χ1n) is 5.84. The van der Waals surface area contributed by atoms with Crippen molar-refractivity contribution in [2.24, 2.45) is 0 Å². The number of fused-ring (bicyclic) bond motifs is 2. The van der Waals surface area contributed by atoms with Crippen molar-refractivity contribution in [1.29, 1.82) is 0 Å². The summed E-state index contributed by atoms with van der Waals surface area (Å²) < 4.78 is 0. The zero-order valence-electron chi connectivity index (χ0n) is 9.12. The van der Waals surface area contributed by atoms with Gasteiger partial charge < -0.3 is 10.4 Å². The molecule has 16 heavy (non-hydrogen) atoms. The fourth-order valence-electron chi connectivity index (χ4n) is 2.78. The highest BCUT2D eigenvalue weighted by Crippen LogP contribution is 2.28. The van der Waals surface area contributed by atoms with Crippen molar-refractivity contribution in [2.75, 3.05) is 0 Å². The maximum Gasteiger partial charge on any atom is 0.321 e. The maximum atomic E-state index is 10.9. The maximum absolute atomic E-state index is 10.9. The Morgan fingerprint density at radius 2 is 1.88 bits per heavy atom. The summed E-state index contributed by atoms with van der Waals surface area (Å²) in [6.07, 6.45) is 4.21. The first-order valence-corrected chi connectivity index (χ1v) is 5.84. The highest BCUT2D eigenvalue weighted by molar-refractivity contribution is 5.74. The van der Waals surface area contributed by atoms with Crippen LogP contribution in [0.1, 0.15) is 28.7 Å². The molecule has 1 atom stereocenters. The zero-order chi connectivity index (χ0) is 11.1. The molecule has 0 aromatic heterocycles. The van der Waals surface area contributed by atoms with Gasteiger partial charge in [-0.2, -0.15) is 0 Å². The van der Waals surface area contributed by atoms with E-state index in [1.165, 1.54) is 35.1 Å². The predicted molar refractivity (Wildman–Crippen MR) is 60.4 cm³/mol. The van der Waals surface area contributed by atoms with Crippen LogP contribution in [0.5, 0.6) is 0 Å². The average molecular weight is 217 g/mol. The lowest BCUT2D eigenvalue weighted by atomic mass is 9.92. The third-order valence-corrected chi connectivity index (χ3v) is 3.68. The molecule has 3 nitrogen and oxygen atoms in total. The number of carboxylic acids is 1. The SMILES string of the molecule is O=C(O)C1Cc2cc3c(cc2CN1)CCC3. The molecule has 1 aromatic carbocycles. The third-order valence-electron chi connectivity index (χ3n) is 3.68. The van der Waals surface area contributed by atoms with Gasteiger partial charge in [-0.05, 0) is 47.9 Å². The van der Waals surface area contributed by atoms with Gasteiger partial charge in [0.25, 0.3) is 0 Å². The van der Waals surface area contributed by atoms with Crippen LogP contribution in [-0.4, -0.2) is 17.1 Å². The number of carbonyl (C=O) groups is 1. The van der Waals surface area contributed by atoms with E-state index in [-0.39, 0.29) is 0 Å². The minimum atomic E-state index is -0.744. The Labute approximate surface area is 94.5 Å². The first-order chi connectivity index (χ1) is 7.74. The molecule has 1 aliphatic heterocycles. The summed E-state index contributed by atoms with van der Waals surface area (Å²) in [5.74, 6) is -0.744. The average Bonchev–Trinajstić information content (AvgIpc) is 2.71. The van der Waals surface area contributed by atoms with Crippen LogP contribution in [0.4, 0.5) is 0 Å². The van der Waals surface area contributed by atoms with Crippen molar-refractivity contribution >= 4 is 5.97 Å². The third kappa shape index (κ3) is 1.52. The van der Waals surface area contributed by atoms with E-state index in [2.05, 4.69) is 17.4 Å². The Hall–Kier alpha value is -1.35. The standard InChI is InChI=1S/C13H15NO2/c15-13(16)12-6-10-4-8-2-1-3-9(8)5-11(10)7-14-12/h4-5,12,14H,1-3,6-7H2,(H,15,16). The summed E-state index contributed by atoms with van der Waals surface area (Å²) >= 11 is 0. The number of aliphatic carboxylic acids is 1. The van der Waals surface area contributed by atoms with Crippen LogP contribution < -0.4 is 5.32 Å². The molecule has 0 saturated carbocycles. The fourth-order valence-corrected chi connectivity index (χ4v) is 2.78. The molecule has 1 aliphatic carbocycles. The minimum Gasteiger partial charge on any atom is -0.480 e. The Bertz CT molecular complexity index is 453. The van der Waals surface area contributed by atoms with Crippen LogP contribution in [0.15, 0.2) is 12.1 Å². The lowest BCUT2D eigenvalue weighted by molar-refractivity contribution is -0.139. The largest absolute Gasteiger partial charge is 0.480 e. The molecule has 0 amide bonds. The van der Waals surface area contributed by atoms with Gasteiger partial charge in [0, 0.05) is 6.54 Å². The Morgan fingerprint density at radius 1 is 1.19 bits per heavy atom. The fraction of sp³-hybridized carbons (Fsp3) is 0.462. The summed E-state index contributed by atoms with van der Waals surface area (Å²) in [5, 5.41) is 12.1. The number of aryl methyl sites for hydroxylation is 2. The van der Waals surface area contributed by atoms with Gasteiger partial charge in [0.05, 0.1) is 0 Å². The van der Waals surface area contributed by atoms with Gasteiger partial charge in [-0.25, -0.2) is 0 Å². The highest BCUT2D eigenvalue weighted by Gasteiger charge is 2.25. The summed E-state index contributed by atoms with van der Waals surface area (Å²) in [6, 6.07) is 4.09. The smallest absolute Gasteiger partial charge is 0.321 e. The van der Waals surface area contributed by atoms with E-state index in [1.807, 2.05) is 0 Å². The van der Waals surface area contributed by atoms with Gasteiger partial charge in [-0.1, -0.05) is 12.1 Å². The molecular formula is C13H15NO2. The normalized spacial score (nSPS) is 22.6. The van der Waals surface area contributed by atoms with E-state index in [9.17, 15) is 4.79 Å². The van der Waals surface area contributed by atoms with E-state index in [1.54, 1.807) is 0 Å². The highest BCUT2D eigenvalue weighted by atomic mass is 16.4. The van der Waals surface area contributed by atoms with E-state index in [0.717, 1.165) is 6.42 Å². The number of benzene rings is 1. The summed E-state index contributed by atoms with van der Waals surface area (Å²) in [7, 11) is 0. The van der Waals surface area contributed by atoms with Crippen molar-refractivity contribution in [1.82, 2.24) is 5.32 Å². The van der Waals surface area contributed by atoms with Crippen molar-refractivity contribution in [3.05, 3.63) is 34.4 Å². The van der Waals surface area contributed by atoms with Crippen molar-refractivity contribution in [3.8, 4) is 0 Å². The topological polar surface area (TPSA) is 49.3 Å². The molecule has 3 heteroatoms. The zero-order valence-corrected chi connectivity index (χ0v) is 9.12. The molecule has 2 N–H and O–H groups in total. The van der Waals surface area contributed by atoms with E-state index in [4.69, 9.17) is 5.11 Å². The molecule has 1 aromatic rings. The molecule has 1 heterocycles. The van der Waals surface area contributed by atoms with Crippen LogP contribution in [0.25, 0.3) is 0 Å². The molecule has 0 radical (unpaired) electrons. The monoisotopic (exact) mass is 217 g/mol. The second kappa shape index (κ2) is 3.59. The molecule has 0 spiro atoms. The molecule has 0 saturated heterocycles. The predicted octanol–water partition coefficient (Wildman–Crippen LogP) is 1.27. The lowest BCUT2D eigenvalue weighted by Gasteiger charge is -2.24. The lowest BCUT2D eigenvalue weighted by Crippen LogP contribution is -2.41. The minimum absolute atomic E-state index is 0.410. The number of nitrogens with one attached hydrogen (secondary N) is 1. The van der Waals surface area contributed by atoms with Crippen LogP contribution in [0.2, 0.25) is 0 Å². The van der Waals surface area contributed by atoms with E-state index in [0.29, 0.717) is 13.0 Å². The van der Waals surface area contributed by atoms with Crippen molar-refractivity contribution < 1.29 is 9.90 Å². The Balaban J connectivity index is 1.96. The second-order valence-electron chi connectivity index (χ2n) is 4.72. The van der Waals surface area contributed by atoms with Crippen molar-refractivity contribution in [2.45, 2.75) is 38.3 Å². The van der Waals surface area contributed by atoms with Crippen LogP contribution in [0.3, 0.4) is 0 Å². The summed E-state index contributed by atoms with van der Waals surface area (Å²) in [6.45, 7) is 0.694. The Morgan fingerprint density at radius 3 is 2.56 bits per heavy atom. The molecule has 0 bridgehead atoms. The molecule has 84 valence electrons. The quantitative estimate of drug-likeness (QED) is 0.745. The summed E-state index contributed by atoms with van der Waals surface area (Å²) in [4.78, 5) is 10.9. The van der Waals surface area contributed by atoms with Gasteiger partial charge >= 0.3 is 5.97 Å². The van der Waals surface area contributed by atoms with Gasteiger partial charge in [0.15, 0.2) is 0 Å². The van der Waals surface area contributed by atoms with Gasteiger partial charge in [0.1, 0.15) is 6.04 Å². The molecule has 0 fully saturated rings. The molecule has 1 unspecified atom stereocenters. The van der Waals surface area contributed by atoms with Gasteiger partial charge in [0.2, 0.25) is 0 Å². The van der Waals surface area contributed by atoms with Gasteiger partial charge in [-0.3, -0.25) is 4.79 Å². The molecular weight excluding hydrogens is 202 g/mol. The molecule has 2 aliphatic rings. The number of carboxylic acid groups (broad SMARTS) is 1. The first kappa shape index (κ1) is 9.85. The van der Waals surface area contributed by atoms with E-state index < -0.39 is 12.0 Å². The number of rotatable bonds is 1. The second-order valence-corrected chi connectivity index (χ2v) is 4.72. The molecule has 3 rings (SSSR count). The number of hydrogen-bond donors (Lipinski definition) is 2. The summed E-state index contributed by atoms with van der Waals surface area (Å²) in [5.41, 5.74) is 5.42. The van der Waals surface area contributed by atoms with Crippen LogP contribution in [0, 0.1) is 0 Å². The number of hydrogen-bond acceptors (Lipinski definition) is 2. The van der Waals surface area contributed by atoms with Crippen LogP contribution >= 0.6 is 0 Å².